The summed E-state index contributed by atoms with van der Waals surface area (Å²) in [7, 11) is 0. The molecule has 2 aliphatic carbocycles. The summed E-state index contributed by atoms with van der Waals surface area (Å²) in [5.41, 5.74) is 11.2. The molecule has 0 saturated heterocycles. The Balaban J connectivity index is 1.56. The number of nitrogens with one attached hydrogen (secondary N) is 1. The average molecular weight is 351 g/mol. The molecule has 2 amide bonds. The van der Waals surface area contributed by atoms with Crippen LogP contribution in [-0.4, -0.2) is 16.6 Å². The van der Waals surface area contributed by atoms with Crippen LogP contribution in [0.5, 0.6) is 0 Å². The van der Waals surface area contributed by atoms with Gasteiger partial charge in [0.2, 0.25) is 0 Å². The first kappa shape index (κ1) is 16.5. The number of aromatic nitrogens is 1. The predicted octanol–water partition coefficient (Wildman–Crippen LogP) is 5.12. The van der Waals surface area contributed by atoms with E-state index in [1.54, 1.807) is 18.3 Å². The van der Waals surface area contributed by atoms with Crippen LogP contribution in [0, 0.1) is 5.82 Å². The first-order valence-electron chi connectivity index (χ1n) is 8.72. The maximum Gasteiger partial charge on any atom is 0.308 e. The van der Waals surface area contributed by atoms with E-state index in [-0.39, 0.29) is 11.4 Å². The molecule has 0 bridgehead atoms. The second-order valence-corrected chi connectivity index (χ2v) is 6.96. The highest BCUT2D eigenvalue weighted by Crippen LogP contribution is 2.48. The second-order valence-electron chi connectivity index (χ2n) is 6.96. The number of rotatable bonds is 3. The lowest BCUT2D eigenvalue weighted by atomic mass is 9.81. The van der Waals surface area contributed by atoms with Gasteiger partial charge in [-0.1, -0.05) is 6.08 Å². The van der Waals surface area contributed by atoms with Crippen LogP contribution in [0.15, 0.2) is 47.2 Å². The van der Waals surface area contributed by atoms with Gasteiger partial charge in [-0.25, -0.2) is 4.39 Å². The number of amides is 2. The van der Waals surface area contributed by atoms with Crippen molar-refractivity contribution in [3.05, 3.63) is 63.9 Å². The topological polar surface area (TPSA) is 90.8 Å². The van der Waals surface area contributed by atoms with Gasteiger partial charge >= 0.3 is 6.03 Å². The number of fused-ring (bicyclic) bond motifs is 1. The molecule has 26 heavy (non-hydrogen) atoms. The molecule has 1 unspecified atom stereocenters. The number of carbonyl (C=O) groups is 1. The molecule has 1 fully saturated rings. The fraction of sp³-hybridized carbons (Fsp3) is 0.368. The molecule has 2 aliphatic rings. The van der Waals surface area contributed by atoms with Crippen molar-refractivity contribution in [2.75, 3.05) is 0 Å². The number of hydrogen-bond acceptors (Lipinski definition) is 2. The van der Waals surface area contributed by atoms with Crippen molar-refractivity contribution in [3.63, 3.8) is 0 Å². The van der Waals surface area contributed by atoms with Gasteiger partial charge in [0.1, 0.15) is 5.82 Å². The summed E-state index contributed by atoms with van der Waals surface area (Å²) >= 11 is 0. The highest BCUT2D eigenvalue weighted by molar-refractivity contribution is 5.82. The number of nitrogens with zero attached hydrogens (tertiary/aromatic N) is 4. The number of halogens is 1. The molecule has 1 aromatic heterocycles. The third kappa shape index (κ3) is 3.02. The summed E-state index contributed by atoms with van der Waals surface area (Å²) in [6.07, 6.45) is 8.34. The van der Waals surface area contributed by atoms with Gasteiger partial charge < -0.3 is 5.32 Å². The molecule has 0 aliphatic heterocycles. The fourth-order valence-electron chi connectivity index (χ4n) is 3.97. The summed E-state index contributed by atoms with van der Waals surface area (Å²) in [6.45, 7) is 0. The molecule has 1 atom stereocenters. The van der Waals surface area contributed by atoms with E-state index < -0.39 is 6.03 Å². The van der Waals surface area contributed by atoms with Gasteiger partial charge in [0.05, 0.1) is 11.1 Å². The van der Waals surface area contributed by atoms with Gasteiger partial charge in [-0.3, -0.25) is 9.78 Å². The summed E-state index contributed by atoms with van der Waals surface area (Å²) in [5, 5.41) is 6.82. The van der Waals surface area contributed by atoms with E-state index in [1.165, 1.54) is 11.6 Å². The van der Waals surface area contributed by atoms with E-state index in [1.807, 2.05) is 6.07 Å². The zero-order valence-electron chi connectivity index (χ0n) is 14.2. The molecule has 1 heterocycles. The number of allylic oxidation sites excluding steroid dienone is 1. The Bertz CT molecular complexity index is 960. The number of benzene rings is 1. The maximum atomic E-state index is 13.7. The van der Waals surface area contributed by atoms with E-state index in [9.17, 15) is 9.18 Å². The molecule has 1 aromatic carbocycles. The van der Waals surface area contributed by atoms with Crippen molar-refractivity contribution in [2.24, 2.45) is 5.11 Å². The van der Waals surface area contributed by atoms with Crippen molar-refractivity contribution in [1.82, 2.24) is 10.3 Å². The molecule has 4 rings (SSSR count). The molecule has 132 valence electrons. The highest BCUT2D eigenvalue weighted by atomic mass is 19.1. The van der Waals surface area contributed by atoms with E-state index >= 15 is 0 Å². The minimum absolute atomic E-state index is 0.253. The monoisotopic (exact) mass is 351 g/mol. The van der Waals surface area contributed by atoms with Crippen LogP contribution in [0.4, 0.5) is 9.18 Å². The van der Waals surface area contributed by atoms with Crippen molar-refractivity contribution in [3.8, 4) is 0 Å². The van der Waals surface area contributed by atoms with Crippen LogP contribution < -0.4 is 5.32 Å². The smallest absolute Gasteiger partial charge is 0.308 e. The summed E-state index contributed by atoms with van der Waals surface area (Å²) in [4.78, 5) is 18.5. The van der Waals surface area contributed by atoms with Crippen LogP contribution in [0.1, 0.15) is 43.6 Å². The van der Waals surface area contributed by atoms with Gasteiger partial charge in [0.15, 0.2) is 0 Å². The average Bonchev–Trinajstić information content (AvgIpc) is 3.42. The normalized spacial score (nSPS) is 20.8. The van der Waals surface area contributed by atoms with Gasteiger partial charge in [-0.2, -0.15) is 0 Å². The van der Waals surface area contributed by atoms with E-state index in [0.717, 1.165) is 48.6 Å². The zero-order chi connectivity index (χ0) is 18.1. The minimum Gasteiger partial charge on any atom is -0.341 e. The zero-order valence-corrected chi connectivity index (χ0v) is 14.2. The van der Waals surface area contributed by atoms with Crippen LogP contribution >= 0.6 is 0 Å². The Labute approximate surface area is 149 Å². The molecular weight excluding hydrogens is 333 g/mol. The van der Waals surface area contributed by atoms with Gasteiger partial charge in [-0.15, -0.1) is 0 Å². The number of pyridine rings is 1. The minimum atomic E-state index is -0.622. The van der Waals surface area contributed by atoms with Gasteiger partial charge in [0.25, 0.3) is 0 Å². The molecule has 7 heteroatoms. The number of urea groups is 1. The van der Waals surface area contributed by atoms with Gasteiger partial charge in [0, 0.05) is 21.6 Å². The first-order valence-corrected chi connectivity index (χ1v) is 8.72. The highest BCUT2D eigenvalue weighted by Gasteiger charge is 2.47. The number of hydrogen-bond donors (Lipinski definition) is 1. The Hall–Kier alpha value is -2.92. The third-order valence-electron chi connectivity index (χ3n) is 5.43. The van der Waals surface area contributed by atoms with Crippen molar-refractivity contribution < 1.29 is 9.18 Å². The van der Waals surface area contributed by atoms with Gasteiger partial charge in [-0.05, 0) is 79.0 Å². The number of carbonyl (C=O) groups excluding carboxylic acids is 1. The Morgan fingerprint density at radius 3 is 2.92 bits per heavy atom. The quantitative estimate of drug-likeness (QED) is 0.360. The molecular formula is C19H18FN5O. The van der Waals surface area contributed by atoms with Crippen LogP contribution in [0.2, 0.25) is 0 Å². The van der Waals surface area contributed by atoms with Crippen molar-refractivity contribution >= 4 is 16.9 Å². The van der Waals surface area contributed by atoms with E-state index in [4.69, 9.17) is 5.53 Å². The maximum absolute atomic E-state index is 13.7. The lowest BCUT2D eigenvalue weighted by molar-refractivity contribution is 0.245. The summed E-state index contributed by atoms with van der Waals surface area (Å²) < 4.78 is 13.7. The Kier molecular flexibility index (Phi) is 4.09. The summed E-state index contributed by atoms with van der Waals surface area (Å²) in [6, 6.07) is 6.05. The third-order valence-corrected chi connectivity index (χ3v) is 5.43. The Morgan fingerprint density at radius 2 is 2.23 bits per heavy atom. The lowest BCUT2D eigenvalue weighted by Gasteiger charge is -2.28. The van der Waals surface area contributed by atoms with Crippen LogP contribution in [0.25, 0.3) is 21.3 Å². The molecule has 0 radical (unpaired) electrons. The SMILES string of the molecule is [N-]=[N+]=NC(=O)NC1(C2=CCC(c3ccnc4ccc(F)cc34)CC2)CC1. The fourth-order valence-corrected chi connectivity index (χ4v) is 3.97. The largest absolute Gasteiger partial charge is 0.341 e. The van der Waals surface area contributed by atoms with E-state index in [0.29, 0.717) is 5.92 Å². The molecule has 1 N–H and O–H groups in total. The lowest BCUT2D eigenvalue weighted by Crippen LogP contribution is -2.37. The van der Waals surface area contributed by atoms with Crippen LogP contribution in [0.3, 0.4) is 0 Å². The van der Waals surface area contributed by atoms with Crippen LogP contribution in [-0.2, 0) is 0 Å². The first-order chi connectivity index (χ1) is 12.6. The predicted molar refractivity (Wildman–Crippen MR) is 96.0 cm³/mol. The molecule has 6 nitrogen and oxygen atoms in total. The molecule has 0 spiro atoms. The van der Waals surface area contributed by atoms with Crippen molar-refractivity contribution in [1.29, 1.82) is 0 Å². The second kappa shape index (κ2) is 6.42. The Morgan fingerprint density at radius 1 is 1.38 bits per heavy atom. The molecule has 2 aromatic rings. The standard InChI is InChI=1S/C19H18FN5O/c20-14-5-6-17-16(11-14)15(7-10-22-17)12-1-3-13(4-2-12)19(8-9-19)23-18(26)24-25-21/h3,5-7,10-12H,1-2,4,8-9H2,(H,23,26). The number of azide groups is 1. The van der Waals surface area contributed by atoms with Crippen molar-refractivity contribution in [2.45, 2.75) is 43.6 Å². The molecule has 1 saturated carbocycles. The summed E-state index contributed by atoms with van der Waals surface area (Å²) in [5.74, 6) is 0.0474. The van der Waals surface area contributed by atoms with E-state index in [2.05, 4.69) is 26.4 Å².